The van der Waals surface area contributed by atoms with Crippen LogP contribution in [-0.4, -0.2) is 36.4 Å². The van der Waals surface area contributed by atoms with E-state index in [1.807, 2.05) is 29.2 Å². The second-order valence-electron chi connectivity index (χ2n) is 4.98. The highest BCUT2D eigenvalue weighted by Crippen LogP contribution is 2.26. The second kappa shape index (κ2) is 6.26. The number of pyridine rings is 1. The summed E-state index contributed by atoms with van der Waals surface area (Å²) >= 11 is 0. The Hall–Kier alpha value is -2.89. The molecule has 112 valence electrons. The lowest BCUT2D eigenvalue weighted by atomic mass is 10.2. The smallest absolute Gasteiger partial charge is 0.255 e. The van der Waals surface area contributed by atoms with Crippen LogP contribution in [0.3, 0.4) is 0 Å². The number of carbonyl (C=O) groups is 2. The Morgan fingerprint density at radius 1 is 1.18 bits per heavy atom. The molecule has 2 N–H and O–H groups in total. The Morgan fingerprint density at radius 2 is 1.95 bits per heavy atom. The first-order valence-corrected chi connectivity index (χ1v) is 7.06. The third kappa shape index (κ3) is 3.06. The number of hydrogen-bond donors (Lipinski definition) is 2. The quantitative estimate of drug-likeness (QED) is 0.894. The van der Waals surface area contributed by atoms with Gasteiger partial charge in [0.25, 0.3) is 5.91 Å². The number of benzene rings is 1. The zero-order chi connectivity index (χ0) is 15.4. The lowest BCUT2D eigenvalue weighted by Gasteiger charge is -2.30. The van der Waals surface area contributed by atoms with Crippen LogP contribution in [0.25, 0.3) is 0 Å². The number of nitrogens with one attached hydrogen (secondary N) is 2. The molecule has 1 aliphatic heterocycles. The summed E-state index contributed by atoms with van der Waals surface area (Å²) in [6.45, 7) is 1.61. The van der Waals surface area contributed by atoms with Crippen molar-refractivity contribution in [1.82, 2.24) is 10.3 Å². The number of carbonyl (C=O) groups excluding carboxylic acids is 2. The highest BCUT2D eigenvalue weighted by atomic mass is 16.2. The topological polar surface area (TPSA) is 74.3 Å². The summed E-state index contributed by atoms with van der Waals surface area (Å²) in [7, 11) is 0. The summed E-state index contributed by atoms with van der Waals surface area (Å²) in [5, 5.41) is 5.69. The van der Waals surface area contributed by atoms with E-state index in [0.29, 0.717) is 30.9 Å². The molecule has 3 rings (SSSR count). The highest BCUT2D eigenvalue weighted by molar-refractivity contribution is 6.06. The van der Waals surface area contributed by atoms with Crippen molar-refractivity contribution in [3.05, 3.63) is 54.4 Å². The van der Waals surface area contributed by atoms with Crippen LogP contribution in [0, 0.1) is 0 Å². The number of amides is 2. The van der Waals surface area contributed by atoms with Gasteiger partial charge in [0.15, 0.2) is 0 Å². The summed E-state index contributed by atoms with van der Waals surface area (Å²) in [5.41, 5.74) is 2.08. The van der Waals surface area contributed by atoms with Crippen LogP contribution in [0.2, 0.25) is 0 Å². The first-order valence-electron chi connectivity index (χ1n) is 7.06. The lowest BCUT2D eigenvalue weighted by molar-refractivity contribution is -0.120. The third-order valence-electron chi connectivity index (χ3n) is 3.47. The first kappa shape index (κ1) is 14.1. The molecule has 0 saturated carbocycles. The standard InChI is InChI=1S/C16H16N4O2/c21-15-11-20(10-9-18-15)14-4-2-1-3-13(14)19-16(22)12-5-7-17-8-6-12/h1-8H,9-11H2,(H,18,21)(H,19,22). The van der Waals surface area contributed by atoms with E-state index in [1.165, 1.54) is 0 Å². The molecule has 6 nitrogen and oxygen atoms in total. The minimum atomic E-state index is -0.198. The van der Waals surface area contributed by atoms with E-state index in [9.17, 15) is 9.59 Å². The van der Waals surface area contributed by atoms with Crippen molar-refractivity contribution < 1.29 is 9.59 Å². The molecule has 6 heteroatoms. The molecule has 1 aromatic heterocycles. The summed E-state index contributed by atoms with van der Waals surface area (Å²) in [6, 6.07) is 10.8. The average Bonchev–Trinajstić information content (AvgIpc) is 2.56. The molecule has 22 heavy (non-hydrogen) atoms. The van der Waals surface area contributed by atoms with Gasteiger partial charge in [0, 0.05) is 31.0 Å². The van der Waals surface area contributed by atoms with E-state index in [2.05, 4.69) is 15.6 Å². The molecule has 1 aromatic carbocycles. The third-order valence-corrected chi connectivity index (χ3v) is 3.47. The van der Waals surface area contributed by atoms with E-state index >= 15 is 0 Å². The zero-order valence-electron chi connectivity index (χ0n) is 12.0. The molecule has 2 heterocycles. The predicted molar refractivity (Wildman–Crippen MR) is 83.9 cm³/mol. The maximum Gasteiger partial charge on any atom is 0.255 e. The van der Waals surface area contributed by atoms with Gasteiger partial charge in [-0.05, 0) is 24.3 Å². The number of anilines is 2. The number of nitrogens with zero attached hydrogens (tertiary/aromatic N) is 2. The summed E-state index contributed by atoms with van der Waals surface area (Å²) in [6.07, 6.45) is 3.16. The van der Waals surface area contributed by atoms with Crippen LogP contribution < -0.4 is 15.5 Å². The fourth-order valence-corrected chi connectivity index (χ4v) is 2.40. The van der Waals surface area contributed by atoms with Crippen LogP contribution in [0.4, 0.5) is 11.4 Å². The molecule has 0 atom stereocenters. The molecule has 0 bridgehead atoms. The minimum Gasteiger partial charge on any atom is -0.359 e. The average molecular weight is 296 g/mol. The van der Waals surface area contributed by atoms with Crippen molar-refractivity contribution in [2.24, 2.45) is 0 Å². The largest absolute Gasteiger partial charge is 0.359 e. The van der Waals surface area contributed by atoms with Crippen molar-refractivity contribution in [3.8, 4) is 0 Å². The van der Waals surface area contributed by atoms with Crippen molar-refractivity contribution in [3.63, 3.8) is 0 Å². The SMILES string of the molecule is O=C1CN(c2ccccc2NC(=O)c2ccncc2)CCN1. The van der Waals surface area contributed by atoms with Gasteiger partial charge in [-0.1, -0.05) is 12.1 Å². The summed E-state index contributed by atoms with van der Waals surface area (Å²) in [5.74, 6) is -0.210. The molecule has 0 spiro atoms. The van der Waals surface area contributed by atoms with Crippen LogP contribution in [0.5, 0.6) is 0 Å². The number of hydrogen-bond acceptors (Lipinski definition) is 4. The first-order chi connectivity index (χ1) is 10.7. The van der Waals surface area contributed by atoms with Gasteiger partial charge in [-0.25, -0.2) is 0 Å². The normalized spacial score (nSPS) is 14.4. The fraction of sp³-hybridized carbons (Fsp3) is 0.188. The maximum atomic E-state index is 12.3. The van der Waals surface area contributed by atoms with E-state index < -0.39 is 0 Å². The number of piperazine rings is 1. The van der Waals surface area contributed by atoms with E-state index in [4.69, 9.17) is 0 Å². The van der Waals surface area contributed by atoms with Crippen molar-refractivity contribution in [2.75, 3.05) is 29.9 Å². The van der Waals surface area contributed by atoms with Gasteiger partial charge in [-0.2, -0.15) is 0 Å². The second-order valence-corrected chi connectivity index (χ2v) is 4.98. The summed E-state index contributed by atoms with van der Waals surface area (Å²) < 4.78 is 0. The fourth-order valence-electron chi connectivity index (χ4n) is 2.40. The van der Waals surface area contributed by atoms with E-state index in [1.54, 1.807) is 24.5 Å². The molecule has 1 saturated heterocycles. The number of aromatic nitrogens is 1. The van der Waals surface area contributed by atoms with Gasteiger partial charge < -0.3 is 15.5 Å². The van der Waals surface area contributed by atoms with E-state index in [-0.39, 0.29) is 11.8 Å². The molecule has 2 amide bonds. The maximum absolute atomic E-state index is 12.3. The lowest BCUT2D eigenvalue weighted by Crippen LogP contribution is -2.47. The molecule has 0 unspecified atom stereocenters. The summed E-state index contributed by atoms with van der Waals surface area (Å²) in [4.78, 5) is 29.7. The van der Waals surface area contributed by atoms with Crippen LogP contribution >= 0.6 is 0 Å². The molecule has 2 aromatic rings. The Morgan fingerprint density at radius 3 is 2.73 bits per heavy atom. The molecular weight excluding hydrogens is 280 g/mol. The number of rotatable bonds is 3. The molecule has 0 aliphatic carbocycles. The van der Waals surface area contributed by atoms with Crippen molar-refractivity contribution in [1.29, 1.82) is 0 Å². The Bertz CT molecular complexity index is 688. The molecular formula is C16H16N4O2. The molecule has 1 aliphatic rings. The van der Waals surface area contributed by atoms with Gasteiger partial charge in [0.2, 0.25) is 5.91 Å². The van der Waals surface area contributed by atoms with Crippen molar-refractivity contribution >= 4 is 23.2 Å². The Balaban J connectivity index is 1.82. The van der Waals surface area contributed by atoms with Crippen molar-refractivity contribution in [2.45, 2.75) is 0 Å². The minimum absolute atomic E-state index is 0.0125. The van der Waals surface area contributed by atoms with Gasteiger partial charge in [-0.3, -0.25) is 14.6 Å². The van der Waals surface area contributed by atoms with E-state index in [0.717, 1.165) is 5.69 Å². The molecule has 1 fully saturated rings. The van der Waals surface area contributed by atoms with Crippen LogP contribution in [-0.2, 0) is 4.79 Å². The van der Waals surface area contributed by atoms with Gasteiger partial charge in [0.1, 0.15) is 0 Å². The molecule has 0 radical (unpaired) electrons. The highest BCUT2D eigenvalue weighted by Gasteiger charge is 2.19. The Labute approximate surface area is 128 Å². The zero-order valence-corrected chi connectivity index (χ0v) is 12.0. The van der Waals surface area contributed by atoms with Crippen LogP contribution in [0.15, 0.2) is 48.8 Å². The Kier molecular flexibility index (Phi) is 4.00. The van der Waals surface area contributed by atoms with Crippen LogP contribution in [0.1, 0.15) is 10.4 Å². The van der Waals surface area contributed by atoms with Gasteiger partial charge in [-0.15, -0.1) is 0 Å². The van der Waals surface area contributed by atoms with Gasteiger partial charge in [0.05, 0.1) is 17.9 Å². The van der Waals surface area contributed by atoms with Gasteiger partial charge >= 0.3 is 0 Å². The number of para-hydroxylation sites is 2. The predicted octanol–water partition coefficient (Wildman–Crippen LogP) is 1.27. The monoisotopic (exact) mass is 296 g/mol.